The number of hydrogen-bond acceptors (Lipinski definition) is 3. The van der Waals surface area contributed by atoms with Crippen LogP contribution in [0.3, 0.4) is 0 Å². The summed E-state index contributed by atoms with van der Waals surface area (Å²) in [6, 6.07) is 9.76. The van der Waals surface area contributed by atoms with Crippen LogP contribution < -0.4 is 4.90 Å². The Labute approximate surface area is 174 Å². The molecule has 0 spiro atoms. The molecule has 2 amide bonds. The van der Waals surface area contributed by atoms with Crippen molar-refractivity contribution >= 4 is 34.7 Å². The summed E-state index contributed by atoms with van der Waals surface area (Å²) in [6.45, 7) is 5.41. The van der Waals surface area contributed by atoms with E-state index in [9.17, 15) is 14.0 Å². The first-order valence-corrected chi connectivity index (χ1v) is 10.2. The smallest absolute Gasteiger partial charge is 0.282 e. The predicted octanol–water partition coefficient (Wildman–Crippen LogP) is 4.87. The predicted molar refractivity (Wildman–Crippen MR) is 112 cm³/mol. The monoisotopic (exact) mass is 412 g/mol. The van der Waals surface area contributed by atoms with Gasteiger partial charge in [0, 0.05) is 13.1 Å². The second kappa shape index (κ2) is 7.64. The fourth-order valence-electron chi connectivity index (χ4n) is 4.12. The fraction of sp³-hybridized carbons (Fsp3) is 0.304. The molecule has 2 aromatic rings. The first-order chi connectivity index (χ1) is 13.9. The van der Waals surface area contributed by atoms with Gasteiger partial charge in [0.2, 0.25) is 0 Å². The van der Waals surface area contributed by atoms with Crippen LogP contribution in [0.2, 0.25) is 5.02 Å². The van der Waals surface area contributed by atoms with Gasteiger partial charge in [0.05, 0.1) is 16.3 Å². The average Bonchev–Trinajstić information content (AvgIpc) is 2.95. The molecule has 150 valence electrons. The molecule has 1 saturated heterocycles. The van der Waals surface area contributed by atoms with Crippen LogP contribution in [0.25, 0.3) is 5.57 Å². The summed E-state index contributed by atoms with van der Waals surface area (Å²) < 4.78 is 13.6. The van der Waals surface area contributed by atoms with Gasteiger partial charge < -0.3 is 4.90 Å². The number of nitrogens with zero attached hydrogens (tertiary/aromatic N) is 2. The lowest BCUT2D eigenvalue weighted by Crippen LogP contribution is -2.37. The first-order valence-electron chi connectivity index (χ1n) is 9.79. The summed E-state index contributed by atoms with van der Waals surface area (Å²) in [5.41, 5.74) is 3.91. The van der Waals surface area contributed by atoms with E-state index >= 15 is 0 Å². The third-order valence-electron chi connectivity index (χ3n) is 5.54. The molecular formula is C23H22ClFN2O2. The van der Waals surface area contributed by atoms with Crippen molar-refractivity contribution in [3.05, 3.63) is 69.6 Å². The number of rotatable bonds is 3. The lowest BCUT2D eigenvalue weighted by atomic mass is 9.97. The molecule has 0 aromatic heterocycles. The molecule has 2 aromatic carbocycles. The maximum absolute atomic E-state index is 13.6. The van der Waals surface area contributed by atoms with Gasteiger partial charge in [0.25, 0.3) is 11.8 Å². The van der Waals surface area contributed by atoms with Crippen molar-refractivity contribution in [2.75, 3.05) is 18.0 Å². The molecular weight excluding hydrogens is 391 g/mol. The molecule has 2 aliphatic rings. The standard InChI is InChI=1S/C23H22ClFN2O2/c1-14-6-8-17(15(2)12-14)20-21(26-10-4-3-5-11-26)23(29)27(22(20)28)16-7-9-19(25)18(24)13-16/h6-9,12-13H,3-5,10-11H2,1-2H3. The molecule has 0 radical (unpaired) electrons. The van der Waals surface area contributed by atoms with Crippen molar-refractivity contribution in [1.29, 1.82) is 0 Å². The minimum Gasteiger partial charge on any atom is -0.366 e. The quantitative estimate of drug-likeness (QED) is 0.675. The minimum absolute atomic E-state index is 0.123. The summed E-state index contributed by atoms with van der Waals surface area (Å²) in [5.74, 6) is -1.37. The Bertz CT molecular complexity index is 1040. The van der Waals surface area contributed by atoms with E-state index in [0.717, 1.165) is 53.9 Å². The summed E-state index contributed by atoms with van der Waals surface area (Å²) >= 11 is 5.92. The Hall–Kier alpha value is -2.66. The number of carbonyl (C=O) groups excluding carboxylic acids is 2. The highest BCUT2D eigenvalue weighted by molar-refractivity contribution is 6.45. The topological polar surface area (TPSA) is 40.6 Å². The van der Waals surface area contributed by atoms with Gasteiger partial charge in [-0.3, -0.25) is 9.59 Å². The largest absolute Gasteiger partial charge is 0.366 e. The van der Waals surface area contributed by atoms with Crippen LogP contribution in [0.15, 0.2) is 42.1 Å². The van der Waals surface area contributed by atoms with E-state index in [1.165, 1.54) is 18.2 Å². The molecule has 4 rings (SSSR count). The molecule has 0 saturated carbocycles. The van der Waals surface area contributed by atoms with E-state index in [2.05, 4.69) is 0 Å². The van der Waals surface area contributed by atoms with E-state index in [1.807, 2.05) is 36.9 Å². The van der Waals surface area contributed by atoms with Crippen LogP contribution in [0.1, 0.15) is 36.0 Å². The van der Waals surface area contributed by atoms with Crippen molar-refractivity contribution < 1.29 is 14.0 Å². The van der Waals surface area contributed by atoms with Gasteiger partial charge in [-0.1, -0.05) is 35.4 Å². The molecule has 4 nitrogen and oxygen atoms in total. The number of amides is 2. The molecule has 0 N–H and O–H groups in total. The van der Waals surface area contributed by atoms with Gasteiger partial charge in [-0.05, 0) is 62.4 Å². The third-order valence-corrected chi connectivity index (χ3v) is 5.83. The number of carbonyl (C=O) groups is 2. The minimum atomic E-state index is -0.590. The van der Waals surface area contributed by atoms with Crippen molar-refractivity contribution in [3.8, 4) is 0 Å². The molecule has 0 aliphatic carbocycles. The summed E-state index contributed by atoms with van der Waals surface area (Å²) in [5, 5.41) is -0.123. The Morgan fingerprint density at radius 1 is 0.931 bits per heavy atom. The van der Waals surface area contributed by atoms with Gasteiger partial charge in [0.15, 0.2) is 0 Å². The number of hydrogen-bond donors (Lipinski definition) is 0. The van der Waals surface area contributed by atoms with E-state index < -0.39 is 11.7 Å². The lowest BCUT2D eigenvalue weighted by Gasteiger charge is -2.29. The zero-order valence-corrected chi connectivity index (χ0v) is 17.2. The number of anilines is 1. The van der Waals surface area contributed by atoms with Crippen LogP contribution in [0.5, 0.6) is 0 Å². The zero-order valence-electron chi connectivity index (χ0n) is 16.5. The van der Waals surface area contributed by atoms with Crippen molar-refractivity contribution in [2.45, 2.75) is 33.1 Å². The molecule has 0 atom stereocenters. The maximum atomic E-state index is 13.6. The van der Waals surface area contributed by atoms with Gasteiger partial charge in [-0.2, -0.15) is 0 Å². The van der Waals surface area contributed by atoms with E-state index in [0.29, 0.717) is 11.3 Å². The number of likely N-dealkylation sites (tertiary alicyclic amines) is 1. The Morgan fingerprint density at radius 2 is 1.66 bits per heavy atom. The second-order valence-corrected chi connectivity index (χ2v) is 8.04. The normalized spacial score (nSPS) is 17.5. The van der Waals surface area contributed by atoms with Crippen LogP contribution in [0.4, 0.5) is 10.1 Å². The van der Waals surface area contributed by atoms with Crippen molar-refractivity contribution in [3.63, 3.8) is 0 Å². The lowest BCUT2D eigenvalue weighted by molar-refractivity contribution is -0.120. The molecule has 1 fully saturated rings. The van der Waals surface area contributed by atoms with Gasteiger partial charge in [0.1, 0.15) is 11.5 Å². The summed E-state index contributed by atoms with van der Waals surface area (Å²) in [4.78, 5) is 30.1. The summed E-state index contributed by atoms with van der Waals surface area (Å²) in [6.07, 6.45) is 3.07. The molecule has 2 aliphatic heterocycles. The number of aryl methyl sites for hydroxylation is 2. The first kappa shape index (κ1) is 19.6. The zero-order chi connectivity index (χ0) is 20.7. The Kier molecular flexibility index (Phi) is 5.17. The van der Waals surface area contributed by atoms with Gasteiger partial charge in [-0.15, -0.1) is 0 Å². The molecule has 6 heteroatoms. The Balaban J connectivity index is 1.86. The SMILES string of the molecule is Cc1ccc(C2=C(N3CCCCC3)C(=O)N(c3ccc(F)c(Cl)c3)C2=O)c(C)c1. The van der Waals surface area contributed by atoms with E-state index in [4.69, 9.17) is 11.6 Å². The Morgan fingerprint density at radius 3 is 2.31 bits per heavy atom. The average molecular weight is 413 g/mol. The number of halogens is 2. The second-order valence-electron chi connectivity index (χ2n) is 7.63. The maximum Gasteiger partial charge on any atom is 0.282 e. The third kappa shape index (κ3) is 3.44. The highest BCUT2D eigenvalue weighted by Crippen LogP contribution is 2.37. The van der Waals surface area contributed by atoms with Crippen LogP contribution in [-0.2, 0) is 9.59 Å². The van der Waals surface area contributed by atoms with Gasteiger partial charge >= 0.3 is 0 Å². The number of imide groups is 1. The molecule has 29 heavy (non-hydrogen) atoms. The highest BCUT2D eigenvalue weighted by Gasteiger charge is 2.43. The van der Waals surface area contributed by atoms with Crippen LogP contribution >= 0.6 is 11.6 Å². The van der Waals surface area contributed by atoms with E-state index in [1.54, 1.807) is 0 Å². The van der Waals surface area contributed by atoms with E-state index in [-0.39, 0.29) is 16.6 Å². The highest BCUT2D eigenvalue weighted by atomic mass is 35.5. The van der Waals surface area contributed by atoms with Crippen LogP contribution in [0, 0.1) is 19.7 Å². The molecule has 2 heterocycles. The number of piperidine rings is 1. The fourth-order valence-corrected chi connectivity index (χ4v) is 4.30. The van der Waals surface area contributed by atoms with Gasteiger partial charge in [-0.25, -0.2) is 9.29 Å². The van der Waals surface area contributed by atoms with Crippen molar-refractivity contribution in [1.82, 2.24) is 4.90 Å². The summed E-state index contributed by atoms with van der Waals surface area (Å²) in [7, 11) is 0. The molecule has 0 unspecified atom stereocenters. The number of benzene rings is 2. The van der Waals surface area contributed by atoms with Crippen LogP contribution in [-0.4, -0.2) is 29.8 Å². The van der Waals surface area contributed by atoms with Crippen molar-refractivity contribution in [2.24, 2.45) is 0 Å². The molecule has 0 bridgehead atoms.